The summed E-state index contributed by atoms with van der Waals surface area (Å²) in [6, 6.07) is 22.3. The van der Waals surface area contributed by atoms with Gasteiger partial charge < -0.3 is 49.3 Å². The highest BCUT2D eigenvalue weighted by Gasteiger charge is 2.50. The van der Waals surface area contributed by atoms with Gasteiger partial charge in [-0.15, -0.1) is 11.3 Å². The summed E-state index contributed by atoms with van der Waals surface area (Å²) < 4.78 is 18.8. The molecule has 6 fully saturated rings. The van der Waals surface area contributed by atoms with Crippen LogP contribution in [0.3, 0.4) is 0 Å². The summed E-state index contributed by atoms with van der Waals surface area (Å²) in [4.78, 5) is 73.3. The van der Waals surface area contributed by atoms with Crippen LogP contribution < -0.4 is 25.2 Å². The van der Waals surface area contributed by atoms with Crippen molar-refractivity contribution in [2.24, 2.45) is 5.92 Å². The Hall–Kier alpha value is -7.42. The summed E-state index contributed by atoms with van der Waals surface area (Å²) >= 11 is 1.61. The predicted octanol–water partition coefficient (Wildman–Crippen LogP) is 9.42. The molecule has 0 spiro atoms. The number of fused-ring (bicyclic) bond motifs is 5. The van der Waals surface area contributed by atoms with E-state index in [2.05, 4.69) is 60.6 Å². The van der Waals surface area contributed by atoms with Crippen LogP contribution in [-0.2, 0) is 20.7 Å². The van der Waals surface area contributed by atoms with Crippen LogP contribution in [0.2, 0.25) is 0 Å². The van der Waals surface area contributed by atoms with Crippen molar-refractivity contribution in [1.82, 2.24) is 50.4 Å². The lowest BCUT2D eigenvalue weighted by molar-refractivity contribution is -0.141. The standard InChI is InChI=1S/C64H76N12O7S/c1-6-41-10-7-11-44-28-48(77)29-49(57(41)44)51-30-52-50(32-65-51)59(74-33-45-17-18-46(34-74)68-45)70-62(69-52)82-36-64-20-9-23-76(64)47(19-21-64)35-81-63(80)73-26-24-72(25-27-73)55-31-54(83-71-55)56(38(2)3)61(79)75-22-8-12-53(75)60(78)67-39(4)42-13-15-43(16-14-42)58-40(5)66-37-84-58/h7,10-11,13-16,28-32,37-39,45-47,53,56,68,77H,6,8-9,12,17-27,33-36H2,1-5H3,(H,67,78). The smallest absolute Gasteiger partial charge is 0.409 e. The lowest BCUT2D eigenvalue weighted by atomic mass is 9.91. The van der Waals surface area contributed by atoms with Gasteiger partial charge in [0.1, 0.15) is 36.7 Å². The second kappa shape index (κ2) is 23.2. The molecule has 3 amide bonds. The molecule has 0 aliphatic carbocycles. The largest absolute Gasteiger partial charge is 0.508 e. The number of nitrogens with one attached hydrogen (secondary N) is 2. The lowest BCUT2D eigenvalue weighted by Gasteiger charge is -2.36. The lowest BCUT2D eigenvalue weighted by Crippen LogP contribution is -2.51. The fourth-order valence-corrected chi connectivity index (χ4v) is 15.3. The first-order valence-corrected chi connectivity index (χ1v) is 31.3. The molecule has 4 aromatic heterocycles. The van der Waals surface area contributed by atoms with E-state index in [1.165, 1.54) is 5.56 Å². The summed E-state index contributed by atoms with van der Waals surface area (Å²) in [5.74, 6) is 1.07. The third kappa shape index (κ3) is 10.8. The summed E-state index contributed by atoms with van der Waals surface area (Å²) in [5.41, 5.74) is 8.22. The van der Waals surface area contributed by atoms with Crippen molar-refractivity contribution in [2.75, 3.05) is 75.4 Å². The van der Waals surface area contributed by atoms with Crippen LogP contribution in [0.25, 0.3) is 43.4 Å². The van der Waals surface area contributed by atoms with Crippen LogP contribution in [-0.4, -0.2) is 158 Å². The molecule has 10 heterocycles. The van der Waals surface area contributed by atoms with Gasteiger partial charge in [0.2, 0.25) is 11.8 Å². The SMILES string of the molecule is CCc1cccc2cc(O)cc(-c3cc4nc(OCC56CCCN5C(COC(=O)N5CCN(c7cc(C(C(=O)N8CCCC8C(=O)NC(C)c8ccc(-c9scnc9C)cc8)C(C)C)on7)CC5)CC6)nc(N5CC6CCC(C5)N6)c4cn3)c12. The first kappa shape index (κ1) is 55.8. The quantitative estimate of drug-likeness (QED) is 0.0823. The molecule has 440 valence electrons. The minimum absolute atomic E-state index is 0.0612. The number of aryl methyl sites for hydroxylation is 2. The average molecular weight is 1160 g/mol. The number of carbonyl (C=O) groups is 3. The Bertz CT molecular complexity index is 3570. The van der Waals surface area contributed by atoms with E-state index in [9.17, 15) is 19.5 Å². The van der Waals surface area contributed by atoms with Gasteiger partial charge in [-0.05, 0) is 130 Å². The molecule has 13 rings (SSSR count). The van der Waals surface area contributed by atoms with Gasteiger partial charge in [-0.3, -0.25) is 19.5 Å². The molecule has 19 nitrogen and oxygen atoms in total. The molecule has 0 radical (unpaired) electrons. The van der Waals surface area contributed by atoms with Crippen molar-refractivity contribution in [1.29, 1.82) is 0 Å². The third-order valence-electron chi connectivity index (χ3n) is 18.9. The summed E-state index contributed by atoms with van der Waals surface area (Å²) in [6.07, 6.45) is 9.79. The first-order valence-electron chi connectivity index (χ1n) is 30.4. The van der Waals surface area contributed by atoms with Gasteiger partial charge in [-0.25, -0.2) is 9.78 Å². The number of carbonyl (C=O) groups excluding carboxylic acids is 3. The zero-order valence-corrected chi connectivity index (χ0v) is 49.6. The number of amides is 3. The predicted molar refractivity (Wildman–Crippen MR) is 323 cm³/mol. The van der Waals surface area contributed by atoms with Crippen molar-refractivity contribution in [3.63, 3.8) is 0 Å². The van der Waals surface area contributed by atoms with Crippen molar-refractivity contribution >= 4 is 62.6 Å². The number of pyridine rings is 1. The number of ether oxygens (including phenoxy) is 2. The Labute approximate surface area is 494 Å². The zero-order chi connectivity index (χ0) is 57.8. The zero-order valence-electron chi connectivity index (χ0n) is 48.8. The number of aromatic hydroxyl groups is 1. The van der Waals surface area contributed by atoms with Gasteiger partial charge in [0, 0.05) is 81.8 Å². The number of nitrogens with zero attached hydrogens (tertiary/aromatic N) is 10. The molecule has 84 heavy (non-hydrogen) atoms. The minimum atomic E-state index is -0.620. The van der Waals surface area contributed by atoms with Crippen LogP contribution in [0.1, 0.15) is 114 Å². The van der Waals surface area contributed by atoms with Crippen LogP contribution >= 0.6 is 11.3 Å². The Morgan fingerprint density at radius 3 is 2.46 bits per heavy atom. The fourth-order valence-electron chi connectivity index (χ4n) is 14.4. The van der Waals surface area contributed by atoms with Gasteiger partial charge in [0.05, 0.1) is 44.3 Å². The summed E-state index contributed by atoms with van der Waals surface area (Å²) in [7, 11) is 0. The average Bonchev–Trinajstić information content (AvgIpc) is 4.53. The van der Waals surface area contributed by atoms with Gasteiger partial charge in [0.15, 0.2) is 11.6 Å². The maximum Gasteiger partial charge on any atom is 0.409 e. The molecule has 20 heteroatoms. The van der Waals surface area contributed by atoms with E-state index in [1.807, 2.05) is 81.9 Å². The van der Waals surface area contributed by atoms with Crippen molar-refractivity contribution in [2.45, 2.75) is 134 Å². The van der Waals surface area contributed by atoms with Crippen LogP contribution in [0.4, 0.5) is 16.4 Å². The van der Waals surface area contributed by atoms with E-state index in [0.29, 0.717) is 82.0 Å². The molecule has 6 aliphatic heterocycles. The second-order valence-corrected chi connectivity index (χ2v) is 25.3. The van der Waals surface area contributed by atoms with E-state index in [1.54, 1.807) is 27.2 Å². The molecule has 7 aromatic rings. The van der Waals surface area contributed by atoms with Crippen LogP contribution in [0, 0.1) is 12.8 Å². The molecular formula is C64H76N12O7S. The topological polar surface area (TPSA) is 208 Å². The normalized spacial score (nSPS) is 23.2. The summed E-state index contributed by atoms with van der Waals surface area (Å²) in [6.45, 7) is 15.8. The number of phenolic OH excluding ortho intramolecular Hbond substituents is 1. The molecular weight excluding hydrogens is 1080 g/mol. The molecule has 7 atom stereocenters. The molecule has 6 saturated heterocycles. The number of aromatic nitrogens is 5. The number of hydrogen-bond acceptors (Lipinski definition) is 17. The van der Waals surface area contributed by atoms with Gasteiger partial charge in [0.25, 0.3) is 0 Å². The third-order valence-corrected chi connectivity index (χ3v) is 19.9. The first-order chi connectivity index (χ1) is 40.8. The Morgan fingerprint density at radius 1 is 0.893 bits per heavy atom. The van der Waals surface area contributed by atoms with Crippen LogP contribution in [0.15, 0.2) is 83.0 Å². The van der Waals surface area contributed by atoms with Gasteiger partial charge in [-0.1, -0.05) is 68.4 Å². The Kier molecular flexibility index (Phi) is 15.4. The summed E-state index contributed by atoms with van der Waals surface area (Å²) in [5, 5.41) is 25.2. The number of anilines is 2. The van der Waals surface area contributed by atoms with E-state index < -0.39 is 12.0 Å². The van der Waals surface area contributed by atoms with E-state index >= 15 is 0 Å². The number of likely N-dealkylation sites (tertiary alicyclic amines) is 1. The number of hydrogen-bond donors (Lipinski definition) is 3. The maximum atomic E-state index is 14.4. The Morgan fingerprint density at radius 2 is 1.70 bits per heavy atom. The second-order valence-electron chi connectivity index (χ2n) is 24.5. The minimum Gasteiger partial charge on any atom is -0.508 e. The number of rotatable bonds is 16. The van der Waals surface area contributed by atoms with E-state index in [0.717, 1.165) is 131 Å². The molecule has 0 saturated carbocycles. The molecule has 2 bridgehead atoms. The van der Waals surface area contributed by atoms with Crippen LogP contribution in [0.5, 0.6) is 11.8 Å². The highest BCUT2D eigenvalue weighted by molar-refractivity contribution is 7.13. The van der Waals surface area contributed by atoms with Gasteiger partial charge >= 0.3 is 12.1 Å². The Balaban J connectivity index is 0.624. The van der Waals surface area contributed by atoms with Crippen molar-refractivity contribution in [3.05, 3.63) is 101 Å². The maximum absolute atomic E-state index is 14.4. The molecule has 6 aliphatic rings. The van der Waals surface area contributed by atoms with E-state index in [4.69, 9.17) is 28.9 Å². The molecule has 3 aromatic carbocycles. The fraction of sp³-hybridized carbons (Fsp3) is 0.500. The van der Waals surface area contributed by atoms with Gasteiger partial charge in [-0.2, -0.15) is 9.97 Å². The number of phenols is 1. The number of piperazine rings is 2. The highest BCUT2D eigenvalue weighted by Crippen LogP contribution is 2.44. The van der Waals surface area contributed by atoms with E-state index in [-0.39, 0.29) is 47.2 Å². The highest BCUT2D eigenvalue weighted by atomic mass is 32.1. The van der Waals surface area contributed by atoms with Crippen molar-refractivity contribution < 1.29 is 33.5 Å². The number of benzene rings is 3. The molecule has 7 unspecified atom stereocenters. The van der Waals surface area contributed by atoms with Crippen molar-refractivity contribution in [3.8, 4) is 33.5 Å². The monoisotopic (exact) mass is 1160 g/mol. The molecule has 3 N–H and O–H groups in total. The number of thiazole rings is 1.